The lowest BCUT2D eigenvalue weighted by molar-refractivity contribution is -0.202. The van der Waals surface area contributed by atoms with Gasteiger partial charge in [0.15, 0.2) is 6.29 Å². The van der Waals surface area contributed by atoms with Gasteiger partial charge >= 0.3 is 0 Å². The van der Waals surface area contributed by atoms with Gasteiger partial charge in [-0.15, -0.1) is 11.3 Å². The lowest BCUT2D eigenvalue weighted by atomic mass is 9.84. The summed E-state index contributed by atoms with van der Waals surface area (Å²) < 4.78 is 59.6. The van der Waals surface area contributed by atoms with Crippen LogP contribution in [0.15, 0.2) is 52.1 Å². The Labute approximate surface area is 239 Å². The van der Waals surface area contributed by atoms with Gasteiger partial charge in [0.25, 0.3) is 0 Å². The maximum atomic E-state index is 13.7. The highest BCUT2D eigenvalue weighted by molar-refractivity contribution is 7.92. The number of amides is 2. The van der Waals surface area contributed by atoms with Crippen molar-refractivity contribution in [2.45, 2.75) is 50.0 Å². The summed E-state index contributed by atoms with van der Waals surface area (Å²) in [6.45, 7) is 3.71. The molecule has 2 aromatic rings. The molecule has 0 radical (unpaired) electrons. The van der Waals surface area contributed by atoms with Crippen molar-refractivity contribution < 1.29 is 36.0 Å². The molecule has 15 heteroatoms. The number of hydroxylamine groups is 1. The molecule has 0 aliphatic carbocycles. The number of hydrogen-bond donors (Lipinski definition) is 3. The number of carbonyl (C=O) groups excluding carboxylic acids is 2. The molecule has 222 valence electrons. The molecule has 0 bridgehead atoms. The van der Waals surface area contributed by atoms with Crippen molar-refractivity contribution >= 4 is 48.9 Å². The van der Waals surface area contributed by atoms with Crippen molar-refractivity contribution in [2.24, 2.45) is 17.8 Å². The number of hydrogen-bond acceptors (Lipinski definition) is 9. The van der Waals surface area contributed by atoms with Crippen molar-refractivity contribution in [1.29, 1.82) is 0 Å². The number of rotatable bonds is 14. The molecule has 3 atom stereocenters. The van der Waals surface area contributed by atoms with Crippen LogP contribution >= 0.6 is 11.3 Å². The molecule has 0 saturated carbocycles. The molecule has 1 saturated heterocycles. The summed E-state index contributed by atoms with van der Waals surface area (Å²) in [6.07, 6.45) is 2.70. The van der Waals surface area contributed by atoms with E-state index in [1.165, 1.54) is 18.2 Å². The van der Waals surface area contributed by atoms with Crippen molar-refractivity contribution in [3.05, 3.63) is 47.8 Å². The van der Waals surface area contributed by atoms with Gasteiger partial charge in [-0.1, -0.05) is 38.1 Å². The molecule has 2 amide bonds. The number of sulfonamides is 2. The van der Waals surface area contributed by atoms with Gasteiger partial charge < -0.3 is 4.74 Å². The van der Waals surface area contributed by atoms with Crippen LogP contribution in [0.4, 0.5) is 5.69 Å². The van der Waals surface area contributed by atoms with Crippen LogP contribution in [0.3, 0.4) is 0 Å². The molecule has 3 N–H and O–H groups in total. The molecule has 1 fully saturated rings. The first-order valence-corrected chi connectivity index (χ1v) is 17.1. The molecule has 1 aliphatic rings. The van der Waals surface area contributed by atoms with E-state index in [-0.39, 0.29) is 22.2 Å². The number of nitrogens with zero attached hydrogens (tertiary/aromatic N) is 1. The predicted octanol–water partition coefficient (Wildman–Crippen LogP) is 2.38. The Balaban J connectivity index is 1.89. The van der Waals surface area contributed by atoms with E-state index >= 15 is 0 Å². The molecular formula is C25H36N4O8S3. The Morgan fingerprint density at radius 3 is 2.35 bits per heavy atom. The minimum atomic E-state index is -3.97. The summed E-state index contributed by atoms with van der Waals surface area (Å²) in [5.74, 6) is -4.00. The Kier molecular flexibility index (Phi) is 11.5. The Hall–Kier alpha value is -2.56. The van der Waals surface area contributed by atoms with E-state index in [0.717, 1.165) is 34.8 Å². The predicted molar refractivity (Wildman–Crippen MR) is 151 cm³/mol. The van der Waals surface area contributed by atoms with Crippen molar-refractivity contribution in [3.63, 3.8) is 0 Å². The van der Waals surface area contributed by atoms with Gasteiger partial charge in [-0.2, -0.15) is 4.41 Å². The Morgan fingerprint density at radius 2 is 1.77 bits per heavy atom. The molecular weight excluding hydrogens is 580 g/mol. The lowest BCUT2D eigenvalue weighted by Gasteiger charge is -2.31. The van der Waals surface area contributed by atoms with Crippen molar-refractivity contribution in [2.75, 3.05) is 23.8 Å². The van der Waals surface area contributed by atoms with Crippen LogP contribution in [0.1, 0.15) is 39.5 Å². The number of nitrogens with one attached hydrogen (secondary N) is 3. The van der Waals surface area contributed by atoms with Crippen LogP contribution < -0.4 is 20.0 Å². The van der Waals surface area contributed by atoms with E-state index < -0.39 is 56.5 Å². The maximum Gasteiger partial charge on any atom is 0.250 e. The molecule has 40 heavy (non-hydrogen) atoms. The zero-order valence-corrected chi connectivity index (χ0v) is 25.1. The molecule has 1 aliphatic heterocycles. The van der Waals surface area contributed by atoms with Crippen LogP contribution in [-0.4, -0.2) is 54.3 Å². The first-order valence-electron chi connectivity index (χ1n) is 12.8. The quantitative estimate of drug-likeness (QED) is 0.273. The number of ether oxygens (including phenoxy) is 1. The van der Waals surface area contributed by atoms with Gasteiger partial charge in [-0.3, -0.25) is 15.0 Å². The van der Waals surface area contributed by atoms with Gasteiger partial charge in [-0.05, 0) is 48.8 Å². The fraction of sp³-hybridized carbons (Fsp3) is 0.520. The average molecular weight is 617 g/mol. The van der Waals surface area contributed by atoms with E-state index in [4.69, 9.17) is 9.57 Å². The summed E-state index contributed by atoms with van der Waals surface area (Å²) in [6, 6.07) is 11.0. The fourth-order valence-electron chi connectivity index (χ4n) is 4.16. The first kappa shape index (κ1) is 32.0. The Bertz CT molecular complexity index is 1310. The van der Waals surface area contributed by atoms with Gasteiger partial charge in [0, 0.05) is 19.6 Å². The SMILES string of the molecule is CC(C)C[C@@H](C(=O)NN(c1ccccc1)S(C)(=O)=O)[C@H](CNS(=O)(=O)c1cccs1)C(=O)NOC1CCCCO1. The summed E-state index contributed by atoms with van der Waals surface area (Å²) in [5, 5.41) is 1.61. The van der Waals surface area contributed by atoms with Gasteiger partial charge in [0.1, 0.15) is 4.21 Å². The van der Waals surface area contributed by atoms with Gasteiger partial charge in [-0.25, -0.2) is 31.9 Å². The molecule has 1 aromatic carbocycles. The van der Waals surface area contributed by atoms with Gasteiger partial charge in [0.05, 0.1) is 23.8 Å². The third-order valence-electron chi connectivity index (χ3n) is 6.10. The summed E-state index contributed by atoms with van der Waals surface area (Å²) >= 11 is 1.01. The molecule has 3 rings (SSSR count). The normalized spacial score (nSPS) is 17.6. The minimum absolute atomic E-state index is 0.0516. The number of benzene rings is 1. The summed E-state index contributed by atoms with van der Waals surface area (Å²) in [4.78, 5) is 32.5. The minimum Gasteiger partial charge on any atom is -0.350 e. The zero-order chi connectivity index (χ0) is 29.3. The van der Waals surface area contributed by atoms with Crippen LogP contribution in [-0.2, 0) is 39.2 Å². The van der Waals surface area contributed by atoms with Crippen LogP contribution in [0.25, 0.3) is 0 Å². The zero-order valence-electron chi connectivity index (χ0n) is 22.6. The second-order valence-corrected chi connectivity index (χ2v) is 14.6. The maximum absolute atomic E-state index is 13.7. The highest BCUT2D eigenvalue weighted by Crippen LogP contribution is 2.25. The number of anilines is 1. The first-order chi connectivity index (χ1) is 18.9. The van der Waals surface area contributed by atoms with E-state index in [0.29, 0.717) is 13.0 Å². The number of thiophene rings is 1. The monoisotopic (exact) mass is 616 g/mol. The third-order valence-corrected chi connectivity index (χ3v) is 9.89. The summed E-state index contributed by atoms with van der Waals surface area (Å²) in [5.41, 5.74) is 4.96. The van der Waals surface area contributed by atoms with Crippen LogP contribution in [0, 0.1) is 17.8 Å². The van der Waals surface area contributed by atoms with Crippen molar-refractivity contribution in [3.8, 4) is 0 Å². The molecule has 2 heterocycles. The fourth-order valence-corrected chi connectivity index (χ4v) is 7.01. The topological polar surface area (TPSA) is 160 Å². The number of para-hydroxylation sites is 1. The molecule has 1 aromatic heterocycles. The van der Waals surface area contributed by atoms with E-state index in [2.05, 4.69) is 15.6 Å². The largest absolute Gasteiger partial charge is 0.350 e. The average Bonchev–Trinajstić information content (AvgIpc) is 3.46. The van der Waals surface area contributed by atoms with E-state index in [1.807, 2.05) is 13.8 Å². The molecule has 1 unspecified atom stereocenters. The van der Waals surface area contributed by atoms with Gasteiger partial charge in [0.2, 0.25) is 31.9 Å². The number of hydrazine groups is 1. The smallest absolute Gasteiger partial charge is 0.250 e. The number of carbonyl (C=O) groups is 2. The molecule has 0 spiro atoms. The second-order valence-electron chi connectivity index (χ2n) is 9.85. The summed E-state index contributed by atoms with van der Waals surface area (Å²) in [7, 11) is -7.93. The Morgan fingerprint density at radius 1 is 1.05 bits per heavy atom. The van der Waals surface area contributed by atoms with E-state index in [9.17, 15) is 26.4 Å². The van der Waals surface area contributed by atoms with Crippen LogP contribution in [0.2, 0.25) is 0 Å². The van der Waals surface area contributed by atoms with Crippen molar-refractivity contribution in [1.82, 2.24) is 15.6 Å². The molecule has 12 nitrogen and oxygen atoms in total. The highest BCUT2D eigenvalue weighted by Gasteiger charge is 2.37. The standard InChI is InChI=1S/C25H36N4O8S3/c1-18(2)16-20(24(30)27-29(39(3,32)33)19-10-5-4-6-11-19)21(17-26-40(34,35)23-13-9-15-38-23)25(31)28-37-22-12-7-8-14-36-22/h4-6,9-11,13,15,18,20-22,26H,7-8,12,14,16-17H2,1-3H3,(H,27,30)(H,28,31)/t20-,21+,22?/m1/s1. The van der Waals surface area contributed by atoms with Crippen LogP contribution in [0.5, 0.6) is 0 Å². The lowest BCUT2D eigenvalue weighted by Crippen LogP contribution is -2.53. The second kappa shape index (κ2) is 14.4. The highest BCUT2D eigenvalue weighted by atomic mass is 32.2. The third kappa shape index (κ3) is 9.24. The van der Waals surface area contributed by atoms with E-state index in [1.54, 1.807) is 29.6 Å².